The molecule has 1 aromatic heterocycles. The molecule has 0 aliphatic rings. The molecule has 1 heterocycles. The number of nitrogens with zero attached hydrogens (tertiary/aromatic N) is 3. The second-order valence-electron chi connectivity index (χ2n) is 6.60. The summed E-state index contributed by atoms with van der Waals surface area (Å²) < 4.78 is 42.2. The van der Waals surface area contributed by atoms with Crippen LogP contribution >= 0.6 is 12.4 Å². The standard InChI is InChI=1S/C17H25FN4O2S.ClH/c1-12(2)16(19)7-8-21(4)25(23,24)14-5-6-17(15(18)9-14)22-11-13(3)10-20-22;/h5-6,9-12,16H,7-8,19H2,1-4H3;1H. The van der Waals surface area contributed by atoms with Gasteiger partial charge in [-0.2, -0.15) is 5.10 Å². The number of hydrogen-bond donors (Lipinski definition) is 1. The van der Waals surface area contributed by atoms with E-state index in [9.17, 15) is 12.8 Å². The van der Waals surface area contributed by atoms with Crippen LogP contribution in [0.1, 0.15) is 25.8 Å². The van der Waals surface area contributed by atoms with Crippen LogP contribution in [0.3, 0.4) is 0 Å². The van der Waals surface area contributed by atoms with Crippen molar-refractivity contribution in [1.82, 2.24) is 14.1 Å². The van der Waals surface area contributed by atoms with Crippen molar-refractivity contribution in [2.45, 2.75) is 38.1 Å². The lowest BCUT2D eigenvalue weighted by Crippen LogP contribution is -2.34. The van der Waals surface area contributed by atoms with E-state index in [1.807, 2.05) is 20.8 Å². The maximum Gasteiger partial charge on any atom is 0.242 e. The monoisotopic (exact) mass is 404 g/mol. The van der Waals surface area contributed by atoms with E-state index < -0.39 is 15.8 Å². The number of aromatic nitrogens is 2. The number of rotatable bonds is 7. The van der Waals surface area contributed by atoms with Gasteiger partial charge in [-0.05, 0) is 43.0 Å². The summed E-state index contributed by atoms with van der Waals surface area (Å²) in [5.41, 5.74) is 7.06. The fourth-order valence-electron chi connectivity index (χ4n) is 2.34. The molecule has 0 saturated carbocycles. The molecule has 1 atom stereocenters. The summed E-state index contributed by atoms with van der Waals surface area (Å²) in [6.45, 7) is 6.11. The van der Waals surface area contributed by atoms with Crippen LogP contribution in [0.15, 0.2) is 35.5 Å². The predicted molar refractivity (Wildman–Crippen MR) is 103 cm³/mol. The zero-order valence-corrected chi connectivity index (χ0v) is 17.0. The summed E-state index contributed by atoms with van der Waals surface area (Å²) in [6.07, 6.45) is 3.82. The summed E-state index contributed by atoms with van der Waals surface area (Å²) in [4.78, 5) is -0.0850. The van der Waals surface area contributed by atoms with Crippen molar-refractivity contribution in [3.8, 4) is 5.69 Å². The Kier molecular flexibility index (Phi) is 7.76. The zero-order chi connectivity index (χ0) is 18.8. The Hall–Kier alpha value is -1.48. The van der Waals surface area contributed by atoms with Crippen molar-refractivity contribution in [1.29, 1.82) is 0 Å². The Balaban J connectivity index is 0.00000338. The molecule has 2 N–H and O–H groups in total. The van der Waals surface area contributed by atoms with E-state index in [-0.39, 0.29) is 41.5 Å². The molecule has 0 bridgehead atoms. The van der Waals surface area contributed by atoms with Gasteiger partial charge in [0.1, 0.15) is 11.5 Å². The second kappa shape index (κ2) is 8.94. The van der Waals surface area contributed by atoms with Crippen LogP contribution in [0.4, 0.5) is 4.39 Å². The first-order chi connectivity index (χ1) is 11.6. The average molecular weight is 405 g/mol. The van der Waals surface area contributed by atoms with Gasteiger partial charge in [-0.3, -0.25) is 0 Å². The van der Waals surface area contributed by atoms with Gasteiger partial charge in [0.05, 0.1) is 11.1 Å². The topological polar surface area (TPSA) is 81.2 Å². The SMILES string of the molecule is Cc1cnn(-c2ccc(S(=O)(=O)N(C)CCC(N)C(C)C)cc2F)c1.Cl. The van der Waals surface area contributed by atoms with E-state index >= 15 is 0 Å². The molecule has 0 amide bonds. The molecule has 0 aliphatic heterocycles. The molecule has 0 saturated heterocycles. The van der Waals surface area contributed by atoms with Gasteiger partial charge in [-0.1, -0.05) is 13.8 Å². The van der Waals surface area contributed by atoms with Gasteiger partial charge in [0.25, 0.3) is 0 Å². The van der Waals surface area contributed by atoms with Crippen molar-refractivity contribution in [3.63, 3.8) is 0 Å². The Labute approximate surface area is 160 Å². The maximum absolute atomic E-state index is 14.4. The molecule has 26 heavy (non-hydrogen) atoms. The van der Waals surface area contributed by atoms with E-state index in [0.29, 0.717) is 6.42 Å². The molecule has 2 rings (SSSR count). The Bertz CT molecular complexity index is 839. The van der Waals surface area contributed by atoms with E-state index in [1.54, 1.807) is 12.4 Å². The molecule has 1 aromatic carbocycles. The van der Waals surface area contributed by atoms with Gasteiger partial charge in [-0.25, -0.2) is 21.8 Å². The highest BCUT2D eigenvalue weighted by Crippen LogP contribution is 2.21. The lowest BCUT2D eigenvalue weighted by atomic mass is 10.0. The number of halogens is 2. The number of nitrogens with two attached hydrogens (primary N) is 1. The Morgan fingerprint density at radius 1 is 1.35 bits per heavy atom. The minimum atomic E-state index is -3.77. The summed E-state index contributed by atoms with van der Waals surface area (Å²) in [5, 5.41) is 4.04. The number of aryl methyl sites for hydroxylation is 1. The van der Waals surface area contributed by atoms with E-state index in [4.69, 9.17) is 5.73 Å². The Morgan fingerprint density at radius 3 is 2.50 bits per heavy atom. The van der Waals surface area contributed by atoms with Gasteiger partial charge in [0.15, 0.2) is 0 Å². The fourth-order valence-corrected chi connectivity index (χ4v) is 3.54. The first-order valence-electron chi connectivity index (χ1n) is 8.16. The summed E-state index contributed by atoms with van der Waals surface area (Å²) in [6, 6.07) is 3.76. The molecule has 9 heteroatoms. The number of benzene rings is 1. The van der Waals surface area contributed by atoms with Crippen LogP contribution in [0, 0.1) is 18.7 Å². The van der Waals surface area contributed by atoms with Crippen LogP contribution in [-0.2, 0) is 10.0 Å². The summed E-state index contributed by atoms with van der Waals surface area (Å²) in [5.74, 6) is -0.373. The van der Waals surface area contributed by atoms with Crippen LogP contribution < -0.4 is 5.73 Å². The third-order valence-electron chi connectivity index (χ3n) is 4.22. The van der Waals surface area contributed by atoms with Crippen LogP contribution in [-0.4, -0.2) is 42.1 Å². The quantitative estimate of drug-likeness (QED) is 0.769. The highest BCUT2D eigenvalue weighted by atomic mass is 35.5. The van der Waals surface area contributed by atoms with E-state index in [1.165, 1.54) is 28.2 Å². The van der Waals surface area contributed by atoms with Crippen molar-refractivity contribution in [3.05, 3.63) is 42.0 Å². The molecule has 0 spiro atoms. The van der Waals surface area contributed by atoms with E-state index in [2.05, 4.69) is 5.10 Å². The van der Waals surface area contributed by atoms with Gasteiger partial charge >= 0.3 is 0 Å². The third kappa shape index (κ3) is 5.03. The molecule has 6 nitrogen and oxygen atoms in total. The first kappa shape index (κ1) is 22.6. The molecule has 0 radical (unpaired) electrons. The van der Waals surface area contributed by atoms with Crippen molar-refractivity contribution < 1.29 is 12.8 Å². The minimum Gasteiger partial charge on any atom is -0.327 e. The lowest BCUT2D eigenvalue weighted by Gasteiger charge is -2.21. The van der Waals surface area contributed by atoms with Gasteiger partial charge in [0.2, 0.25) is 10.0 Å². The molecule has 146 valence electrons. The number of hydrogen-bond acceptors (Lipinski definition) is 4. The van der Waals surface area contributed by atoms with Crippen molar-refractivity contribution >= 4 is 22.4 Å². The van der Waals surface area contributed by atoms with E-state index in [0.717, 1.165) is 11.6 Å². The average Bonchev–Trinajstić information content (AvgIpc) is 2.97. The molecule has 1 unspecified atom stereocenters. The maximum atomic E-state index is 14.4. The molecule has 0 aliphatic carbocycles. The van der Waals surface area contributed by atoms with Crippen LogP contribution in [0.2, 0.25) is 0 Å². The van der Waals surface area contributed by atoms with Gasteiger partial charge < -0.3 is 5.73 Å². The normalized spacial score (nSPS) is 13.1. The molecular weight excluding hydrogens is 379 g/mol. The molecular formula is C17H26ClFN4O2S. The highest BCUT2D eigenvalue weighted by Gasteiger charge is 2.23. The van der Waals surface area contributed by atoms with Gasteiger partial charge in [-0.15, -0.1) is 12.4 Å². The van der Waals surface area contributed by atoms with Crippen LogP contribution in [0.5, 0.6) is 0 Å². The minimum absolute atomic E-state index is 0. The zero-order valence-electron chi connectivity index (χ0n) is 15.4. The largest absolute Gasteiger partial charge is 0.327 e. The van der Waals surface area contributed by atoms with Crippen LogP contribution in [0.25, 0.3) is 5.69 Å². The predicted octanol–water partition coefficient (Wildman–Crippen LogP) is 2.74. The fraction of sp³-hybridized carbons (Fsp3) is 0.471. The second-order valence-corrected chi connectivity index (χ2v) is 8.64. The first-order valence-corrected chi connectivity index (χ1v) is 9.60. The molecule has 0 fully saturated rings. The summed E-state index contributed by atoms with van der Waals surface area (Å²) in [7, 11) is -2.29. The Morgan fingerprint density at radius 2 is 2.00 bits per heavy atom. The van der Waals surface area contributed by atoms with Gasteiger partial charge in [0, 0.05) is 25.8 Å². The lowest BCUT2D eigenvalue weighted by molar-refractivity contribution is 0.397. The third-order valence-corrected chi connectivity index (χ3v) is 6.07. The van der Waals surface area contributed by atoms with Crippen molar-refractivity contribution in [2.24, 2.45) is 11.7 Å². The van der Waals surface area contributed by atoms with Crippen molar-refractivity contribution in [2.75, 3.05) is 13.6 Å². The molecule has 2 aromatic rings. The summed E-state index contributed by atoms with van der Waals surface area (Å²) >= 11 is 0. The smallest absolute Gasteiger partial charge is 0.242 e. The number of sulfonamides is 1. The highest BCUT2D eigenvalue weighted by molar-refractivity contribution is 7.89.